The number of benzene rings is 1. The van der Waals surface area contributed by atoms with Crippen LogP contribution in [0.5, 0.6) is 0 Å². The molecule has 110 valence electrons. The van der Waals surface area contributed by atoms with Crippen molar-refractivity contribution in [3.8, 4) is 0 Å². The predicted octanol–water partition coefficient (Wildman–Crippen LogP) is 0.564. The number of amides is 3. The number of anilines is 1. The summed E-state index contributed by atoms with van der Waals surface area (Å²) >= 11 is 0. The molecule has 0 spiro atoms. The van der Waals surface area contributed by atoms with Crippen molar-refractivity contribution in [1.82, 2.24) is 5.32 Å². The summed E-state index contributed by atoms with van der Waals surface area (Å²) in [5.41, 5.74) is 10.7. The molecule has 1 rings (SSSR count). The van der Waals surface area contributed by atoms with Gasteiger partial charge in [0.1, 0.15) is 11.9 Å². The first-order valence-corrected chi connectivity index (χ1v) is 6.29. The maximum absolute atomic E-state index is 13.9. The van der Waals surface area contributed by atoms with Crippen molar-refractivity contribution in [2.45, 2.75) is 19.4 Å². The van der Waals surface area contributed by atoms with Gasteiger partial charge in [-0.25, -0.2) is 9.18 Å². The number of primary amides is 1. The van der Waals surface area contributed by atoms with E-state index in [9.17, 15) is 14.0 Å². The third kappa shape index (κ3) is 4.20. The predicted molar refractivity (Wildman–Crippen MR) is 74.6 cm³/mol. The highest BCUT2D eigenvalue weighted by Gasteiger charge is 2.24. The number of urea groups is 1. The van der Waals surface area contributed by atoms with Gasteiger partial charge in [-0.1, -0.05) is 12.1 Å². The third-order valence-electron chi connectivity index (χ3n) is 2.86. The zero-order valence-electron chi connectivity index (χ0n) is 11.3. The Morgan fingerprint density at radius 2 is 2.05 bits per heavy atom. The second-order valence-corrected chi connectivity index (χ2v) is 4.32. The fraction of sp³-hybridized carbons (Fsp3) is 0.385. The number of imide groups is 1. The van der Waals surface area contributed by atoms with Crippen LogP contribution >= 0.6 is 0 Å². The lowest BCUT2D eigenvalue weighted by molar-refractivity contribution is -0.120. The molecule has 0 aliphatic heterocycles. The Kier molecular flexibility index (Phi) is 5.92. The Morgan fingerprint density at radius 3 is 2.60 bits per heavy atom. The summed E-state index contributed by atoms with van der Waals surface area (Å²) in [6.45, 7) is 2.38. The summed E-state index contributed by atoms with van der Waals surface area (Å²) < 4.78 is 13.9. The highest BCUT2D eigenvalue weighted by Crippen LogP contribution is 2.21. The van der Waals surface area contributed by atoms with Gasteiger partial charge in [0.2, 0.25) is 5.91 Å². The molecule has 1 aromatic rings. The van der Waals surface area contributed by atoms with Crippen LogP contribution < -0.4 is 21.7 Å². The lowest BCUT2D eigenvalue weighted by Crippen LogP contribution is -2.49. The molecule has 5 N–H and O–H groups in total. The first-order chi connectivity index (χ1) is 9.47. The van der Waals surface area contributed by atoms with Crippen LogP contribution in [0.1, 0.15) is 13.3 Å². The van der Waals surface area contributed by atoms with Gasteiger partial charge < -0.3 is 16.4 Å². The summed E-state index contributed by atoms with van der Waals surface area (Å²) in [7, 11) is 0. The Hall–Kier alpha value is -2.15. The molecule has 1 unspecified atom stereocenters. The number of hydrogen-bond acceptors (Lipinski definition) is 4. The fourth-order valence-electron chi connectivity index (χ4n) is 1.84. The summed E-state index contributed by atoms with van der Waals surface area (Å²) in [4.78, 5) is 24.1. The van der Waals surface area contributed by atoms with Gasteiger partial charge in [0.05, 0.1) is 5.69 Å². The fourth-order valence-corrected chi connectivity index (χ4v) is 1.84. The van der Waals surface area contributed by atoms with E-state index < -0.39 is 23.8 Å². The van der Waals surface area contributed by atoms with Crippen LogP contribution in [0.3, 0.4) is 0 Å². The molecular formula is C13H19FN4O2. The average molecular weight is 282 g/mol. The maximum atomic E-state index is 13.9. The van der Waals surface area contributed by atoms with Crippen LogP contribution in [-0.2, 0) is 4.79 Å². The minimum atomic E-state index is -0.936. The van der Waals surface area contributed by atoms with Crippen molar-refractivity contribution in [1.29, 1.82) is 0 Å². The van der Waals surface area contributed by atoms with Crippen molar-refractivity contribution in [3.05, 3.63) is 30.1 Å². The number of carbonyl (C=O) groups excluding carboxylic acids is 2. The summed E-state index contributed by atoms with van der Waals surface area (Å²) in [5.74, 6) is -1.03. The quantitative estimate of drug-likeness (QED) is 0.709. The van der Waals surface area contributed by atoms with Crippen molar-refractivity contribution in [2.75, 3.05) is 18.0 Å². The summed E-state index contributed by atoms with van der Waals surface area (Å²) in [6.07, 6.45) is 0.586. The maximum Gasteiger partial charge on any atom is 0.318 e. The lowest BCUT2D eigenvalue weighted by atomic mass is 10.2. The summed E-state index contributed by atoms with van der Waals surface area (Å²) in [6, 6.07) is 4.43. The molecule has 3 amide bonds. The molecule has 0 aromatic heterocycles. The number of nitrogens with zero attached hydrogens (tertiary/aromatic N) is 1. The van der Waals surface area contributed by atoms with Crippen LogP contribution in [0.4, 0.5) is 14.9 Å². The van der Waals surface area contributed by atoms with Crippen LogP contribution in [0.2, 0.25) is 0 Å². The van der Waals surface area contributed by atoms with E-state index in [1.165, 1.54) is 6.07 Å². The summed E-state index contributed by atoms with van der Waals surface area (Å²) in [5, 5.41) is 1.99. The first kappa shape index (κ1) is 15.9. The number of nitrogens with two attached hydrogens (primary N) is 2. The van der Waals surface area contributed by atoms with Crippen LogP contribution in [-0.4, -0.2) is 31.1 Å². The zero-order chi connectivity index (χ0) is 15.1. The van der Waals surface area contributed by atoms with Gasteiger partial charge in [0, 0.05) is 6.54 Å². The molecule has 0 bridgehead atoms. The van der Waals surface area contributed by atoms with Gasteiger partial charge in [-0.2, -0.15) is 0 Å². The average Bonchev–Trinajstić information content (AvgIpc) is 2.40. The Balaban J connectivity index is 2.97. The normalized spacial score (nSPS) is 11.8. The molecule has 0 saturated carbocycles. The monoisotopic (exact) mass is 282 g/mol. The standard InChI is InChI=1S/C13H19FN4O2/c1-9(12(19)17-13(16)20)18(8-4-7-15)11-6-3-2-5-10(11)14/h2-3,5-6,9H,4,7-8,15H2,1H3,(H3,16,17,19,20). The van der Waals surface area contributed by atoms with E-state index in [1.54, 1.807) is 30.0 Å². The van der Waals surface area contributed by atoms with Crippen LogP contribution in [0.25, 0.3) is 0 Å². The molecule has 0 radical (unpaired) electrons. The second kappa shape index (κ2) is 7.44. The van der Waals surface area contributed by atoms with E-state index in [2.05, 4.69) is 0 Å². The largest absolute Gasteiger partial charge is 0.357 e. The number of halogens is 1. The first-order valence-electron chi connectivity index (χ1n) is 6.29. The van der Waals surface area contributed by atoms with Gasteiger partial charge in [-0.05, 0) is 32.0 Å². The van der Waals surface area contributed by atoms with E-state index in [1.807, 2.05) is 5.32 Å². The third-order valence-corrected chi connectivity index (χ3v) is 2.86. The molecule has 0 heterocycles. The number of para-hydroxylation sites is 1. The van der Waals surface area contributed by atoms with E-state index in [0.717, 1.165) is 0 Å². The van der Waals surface area contributed by atoms with Gasteiger partial charge in [-0.3, -0.25) is 10.1 Å². The molecule has 0 fully saturated rings. The minimum absolute atomic E-state index is 0.285. The highest BCUT2D eigenvalue weighted by atomic mass is 19.1. The molecule has 7 heteroatoms. The van der Waals surface area contributed by atoms with Gasteiger partial charge in [-0.15, -0.1) is 0 Å². The Labute approximate surface area is 116 Å². The van der Waals surface area contributed by atoms with Crippen molar-refractivity contribution >= 4 is 17.6 Å². The molecular weight excluding hydrogens is 263 g/mol. The molecule has 0 aliphatic carbocycles. The SMILES string of the molecule is CC(C(=O)NC(N)=O)N(CCCN)c1ccccc1F. The van der Waals surface area contributed by atoms with Crippen LogP contribution in [0, 0.1) is 5.82 Å². The second-order valence-electron chi connectivity index (χ2n) is 4.32. The van der Waals surface area contributed by atoms with Gasteiger partial charge in [0.15, 0.2) is 0 Å². The molecule has 20 heavy (non-hydrogen) atoms. The van der Waals surface area contributed by atoms with Crippen molar-refractivity contribution in [2.24, 2.45) is 11.5 Å². The van der Waals surface area contributed by atoms with E-state index in [4.69, 9.17) is 11.5 Å². The Morgan fingerprint density at radius 1 is 1.40 bits per heavy atom. The number of nitrogens with one attached hydrogen (secondary N) is 1. The number of rotatable bonds is 6. The minimum Gasteiger partial charge on any atom is -0.357 e. The van der Waals surface area contributed by atoms with E-state index in [-0.39, 0.29) is 5.69 Å². The smallest absolute Gasteiger partial charge is 0.318 e. The van der Waals surface area contributed by atoms with Gasteiger partial charge in [0.25, 0.3) is 0 Å². The molecule has 6 nitrogen and oxygen atoms in total. The lowest BCUT2D eigenvalue weighted by Gasteiger charge is -2.30. The van der Waals surface area contributed by atoms with Gasteiger partial charge >= 0.3 is 6.03 Å². The topological polar surface area (TPSA) is 101 Å². The zero-order valence-corrected chi connectivity index (χ0v) is 11.3. The van der Waals surface area contributed by atoms with E-state index >= 15 is 0 Å². The van der Waals surface area contributed by atoms with Crippen molar-refractivity contribution in [3.63, 3.8) is 0 Å². The highest BCUT2D eigenvalue weighted by molar-refractivity contribution is 5.97. The van der Waals surface area contributed by atoms with E-state index in [0.29, 0.717) is 19.5 Å². The molecule has 0 saturated heterocycles. The Bertz CT molecular complexity index is 481. The molecule has 0 aliphatic rings. The van der Waals surface area contributed by atoms with Crippen molar-refractivity contribution < 1.29 is 14.0 Å². The number of carbonyl (C=O) groups is 2. The number of hydrogen-bond donors (Lipinski definition) is 3. The molecule has 1 atom stereocenters. The molecule has 1 aromatic carbocycles. The van der Waals surface area contributed by atoms with Crippen LogP contribution in [0.15, 0.2) is 24.3 Å².